The molecule has 0 saturated carbocycles. The quantitative estimate of drug-likeness (QED) is 0.343. The molecule has 1 rings (SSSR count). The predicted molar refractivity (Wildman–Crippen MR) is 84.0 cm³/mol. The summed E-state index contributed by atoms with van der Waals surface area (Å²) in [6.07, 6.45) is 0.970. The highest BCUT2D eigenvalue weighted by molar-refractivity contribution is 6.39. The number of benzene rings is 1. The van der Waals surface area contributed by atoms with Gasteiger partial charge in [-0.2, -0.15) is 5.10 Å². The number of carbonyl (C=O) groups is 3. The molecule has 1 unspecified atom stereocenters. The molecule has 1 atom stereocenters. The standard InChI is InChI=1S/C15H17ClN2O4/c1-3-12(19)14(15(21)22-4-2)13(20)9-17-18-11-7-5-10(16)6-8-11/h5-9,14,18H,3-4H2,1-2H3. The molecule has 0 spiro atoms. The van der Waals surface area contributed by atoms with E-state index in [1.807, 2.05) is 0 Å². The highest BCUT2D eigenvalue weighted by Crippen LogP contribution is 2.13. The number of hydrazone groups is 1. The summed E-state index contributed by atoms with van der Waals surface area (Å²) in [5, 5.41) is 4.29. The van der Waals surface area contributed by atoms with E-state index in [2.05, 4.69) is 10.5 Å². The zero-order chi connectivity index (χ0) is 16.5. The van der Waals surface area contributed by atoms with Crippen molar-refractivity contribution in [2.24, 2.45) is 11.0 Å². The summed E-state index contributed by atoms with van der Waals surface area (Å²) in [5.41, 5.74) is 3.23. The fourth-order valence-electron chi connectivity index (χ4n) is 1.61. The topological polar surface area (TPSA) is 84.8 Å². The molecule has 0 fully saturated rings. The molecule has 0 radical (unpaired) electrons. The maximum atomic E-state index is 12.0. The molecule has 1 aromatic carbocycles. The average Bonchev–Trinajstić information content (AvgIpc) is 2.49. The van der Waals surface area contributed by atoms with Gasteiger partial charge in [0, 0.05) is 11.4 Å². The van der Waals surface area contributed by atoms with Crippen molar-refractivity contribution in [1.29, 1.82) is 0 Å². The van der Waals surface area contributed by atoms with Crippen molar-refractivity contribution in [3.05, 3.63) is 29.3 Å². The van der Waals surface area contributed by atoms with E-state index in [-0.39, 0.29) is 13.0 Å². The number of halogens is 1. The second-order valence-corrected chi connectivity index (χ2v) is 4.72. The van der Waals surface area contributed by atoms with Gasteiger partial charge in [-0.1, -0.05) is 18.5 Å². The number of hydrogen-bond donors (Lipinski definition) is 1. The van der Waals surface area contributed by atoms with Crippen molar-refractivity contribution in [1.82, 2.24) is 0 Å². The summed E-state index contributed by atoms with van der Waals surface area (Å²) in [4.78, 5) is 35.4. The van der Waals surface area contributed by atoms with Gasteiger partial charge >= 0.3 is 5.97 Å². The van der Waals surface area contributed by atoms with Gasteiger partial charge in [0.15, 0.2) is 17.5 Å². The number of anilines is 1. The van der Waals surface area contributed by atoms with Crippen LogP contribution in [0, 0.1) is 5.92 Å². The largest absolute Gasteiger partial charge is 0.465 e. The third kappa shape index (κ3) is 5.29. The Balaban J connectivity index is 2.73. The second kappa shape index (κ2) is 8.94. The van der Waals surface area contributed by atoms with E-state index >= 15 is 0 Å². The summed E-state index contributed by atoms with van der Waals surface area (Å²) < 4.78 is 4.75. The molecule has 0 aliphatic rings. The lowest BCUT2D eigenvalue weighted by Crippen LogP contribution is -2.34. The minimum absolute atomic E-state index is 0.0632. The molecule has 1 N–H and O–H groups in total. The monoisotopic (exact) mass is 324 g/mol. The molecule has 0 amide bonds. The molecule has 0 aliphatic carbocycles. The Hall–Kier alpha value is -2.21. The van der Waals surface area contributed by atoms with E-state index in [4.69, 9.17) is 16.3 Å². The van der Waals surface area contributed by atoms with Gasteiger partial charge in [-0.3, -0.25) is 19.8 Å². The first-order valence-electron chi connectivity index (χ1n) is 6.77. The van der Waals surface area contributed by atoms with E-state index in [0.29, 0.717) is 10.7 Å². The second-order valence-electron chi connectivity index (χ2n) is 4.28. The Morgan fingerprint density at radius 3 is 2.45 bits per heavy atom. The smallest absolute Gasteiger partial charge is 0.324 e. The van der Waals surface area contributed by atoms with E-state index in [0.717, 1.165) is 6.21 Å². The minimum Gasteiger partial charge on any atom is -0.465 e. The number of nitrogens with one attached hydrogen (secondary N) is 1. The maximum absolute atomic E-state index is 12.0. The van der Waals surface area contributed by atoms with Crippen LogP contribution in [0.25, 0.3) is 0 Å². The Labute approximate surface area is 133 Å². The van der Waals surface area contributed by atoms with Gasteiger partial charge in [0.1, 0.15) is 0 Å². The molecular weight excluding hydrogens is 308 g/mol. The summed E-state index contributed by atoms with van der Waals surface area (Å²) in [6.45, 7) is 3.27. The van der Waals surface area contributed by atoms with Gasteiger partial charge in [0.25, 0.3) is 0 Å². The van der Waals surface area contributed by atoms with E-state index in [9.17, 15) is 14.4 Å². The number of rotatable bonds is 8. The van der Waals surface area contributed by atoms with E-state index < -0.39 is 23.5 Å². The van der Waals surface area contributed by atoms with Crippen LogP contribution in [-0.2, 0) is 19.1 Å². The lowest BCUT2D eigenvalue weighted by Gasteiger charge is -2.10. The molecule has 0 aromatic heterocycles. The van der Waals surface area contributed by atoms with Crippen LogP contribution < -0.4 is 5.43 Å². The normalized spacial score (nSPS) is 12.0. The van der Waals surface area contributed by atoms with Crippen molar-refractivity contribution in [3.63, 3.8) is 0 Å². The third-order valence-electron chi connectivity index (χ3n) is 2.71. The first-order chi connectivity index (χ1) is 10.5. The molecule has 6 nitrogen and oxygen atoms in total. The van der Waals surface area contributed by atoms with Gasteiger partial charge in [-0.25, -0.2) is 0 Å². The molecule has 0 saturated heterocycles. The summed E-state index contributed by atoms with van der Waals surface area (Å²) in [7, 11) is 0. The molecule has 22 heavy (non-hydrogen) atoms. The third-order valence-corrected chi connectivity index (χ3v) is 2.96. The summed E-state index contributed by atoms with van der Waals surface area (Å²) in [6, 6.07) is 6.65. The van der Waals surface area contributed by atoms with E-state index in [1.165, 1.54) is 0 Å². The van der Waals surface area contributed by atoms with Crippen molar-refractivity contribution >= 4 is 41.0 Å². The zero-order valence-electron chi connectivity index (χ0n) is 12.3. The van der Waals surface area contributed by atoms with Gasteiger partial charge in [0.05, 0.1) is 18.5 Å². The van der Waals surface area contributed by atoms with Crippen molar-refractivity contribution in [3.8, 4) is 0 Å². The lowest BCUT2D eigenvalue weighted by atomic mass is 9.98. The predicted octanol–water partition coefficient (Wildman–Crippen LogP) is 2.47. The van der Waals surface area contributed by atoms with Gasteiger partial charge < -0.3 is 4.74 Å². The van der Waals surface area contributed by atoms with Gasteiger partial charge in [0.2, 0.25) is 0 Å². The van der Waals surface area contributed by atoms with Crippen molar-refractivity contribution in [2.45, 2.75) is 20.3 Å². The average molecular weight is 325 g/mol. The van der Waals surface area contributed by atoms with Gasteiger partial charge in [-0.05, 0) is 31.2 Å². The van der Waals surface area contributed by atoms with Crippen molar-refractivity contribution in [2.75, 3.05) is 12.0 Å². The number of ether oxygens (including phenoxy) is 1. The van der Waals surface area contributed by atoms with Gasteiger partial charge in [-0.15, -0.1) is 0 Å². The number of Topliss-reactive ketones (excluding diaryl/α,β-unsaturated/α-hetero) is 2. The summed E-state index contributed by atoms with van der Waals surface area (Å²) in [5.74, 6) is -3.52. The Kier molecular flexibility index (Phi) is 7.25. The van der Waals surface area contributed by atoms with Crippen LogP contribution in [0.15, 0.2) is 29.4 Å². The molecule has 1 aromatic rings. The highest BCUT2D eigenvalue weighted by Gasteiger charge is 2.32. The van der Waals surface area contributed by atoms with Crippen LogP contribution in [0.5, 0.6) is 0 Å². The number of ketones is 2. The molecule has 7 heteroatoms. The molecule has 118 valence electrons. The SMILES string of the molecule is CCOC(=O)C(C(=O)C=NNc1ccc(Cl)cc1)C(=O)CC. The Bertz CT molecular complexity index is 569. The van der Waals surface area contributed by atoms with Crippen LogP contribution in [-0.4, -0.2) is 30.4 Å². The van der Waals surface area contributed by atoms with Crippen LogP contribution in [0.4, 0.5) is 5.69 Å². The Morgan fingerprint density at radius 2 is 1.91 bits per heavy atom. The number of nitrogens with zero attached hydrogens (tertiary/aromatic N) is 1. The number of esters is 1. The maximum Gasteiger partial charge on any atom is 0.324 e. The molecular formula is C15H17ClN2O4. The fraction of sp³-hybridized carbons (Fsp3) is 0.333. The lowest BCUT2D eigenvalue weighted by molar-refractivity contribution is -0.153. The highest BCUT2D eigenvalue weighted by atomic mass is 35.5. The molecule has 0 heterocycles. The first-order valence-corrected chi connectivity index (χ1v) is 7.15. The molecule has 0 bridgehead atoms. The van der Waals surface area contributed by atoms with Crippen molar-refractivity contribution < 1.29 is 19.1 Å². The van der Waals surface area contributed by atoms with E-state index in [1.54, 1.807) is 38.1 Å². The first kappa shape index (κ1) is 17.8. The zero-order valence-corrected chi connectivity index (χ0v) is 13.1. The Morgan fingerprint density at radius 1 is 1.27 bits per heavy atom. The molecule has 0 aliphatic heterocycles. The summed E-state index contributed by atoms with van der Waals surface area (Å²) >= 11 is 5.74. The number of hydrogen-bond acceptors (Lipinski definition) is 6. The van der Waals surface area contributed by atoms with Crippen LogP contribution in [0.3, 0.4) is 0 Å². The van der Waals surface area contributed by atoms with Crippen LogP contribution in [0.2, 0.25) is 5.02 Å². The fourth-order valence-corrected chi connectivity index (χ4v) is 1.73. The van der Waals surface area contributed by atoms with Crippen LogP contribution in [0.1, 0.15) is 20.3 Å². The van der Waals surface area contributed by atoms with Crippen LogP contribution >= 0.6 is 11.6 Å². The number of carbonyl (C=O) groups excluding carboxylic acids is 3. The minimum atomic E-state index is -1.46.